The van der Waals surface area contributed by atoms with E-state index in [1.54, 1.807) is 0 Å². The van der Waals surface area contributed by atoms with Crippen molar-refractivity contribution in [2.75, 3.05) is 13.7 Å². The van der Waals surface area contributed by atoms with E-state index >= 15 is 0 Å². The van der Waals surface area contributed by atoms with Crippen LogP contribution < -0.4 is 4.72 Å². The molecule has 0 aromatic heterocycles. The molecule has 0 fully saturated rings. The molecule has 0 heterocycles. The maximum absolute atomic E-state index is 12.0. The molecule has 1 rings (SSSR count). The Kier molecular flexibility index (Phi) is 5.61. The summed E-state index contributed by atoms with van der Waals surface area (Å²) in [6.07, 6.45) is 0. The third-order valence-corrected chi connectivity index (χ3v) is 4.18. The zero-order valence-corrected chi connectivity index (χ0v) is 12.2. The summed E-state index contributed by atoms with van der Waals surface area (Å²) in [6.45, 7) is -0.832. The molecule has 21 heavy (non-hydrogen) atoms. The number of carbonyl (C=O) groups is 1. The largest absolute Gasteiger partial charge is 0.468 e. The fraction of sp³-hybridized carbons (Fsp3) is 0.300. The Hall–Kier alpha value is -1.75. The summed E-state index contributed by atoms with van der Waals surface area (Å²) in [5, 5.41) is 19.5. The molecule has 11 heteroatoms. The molecule has 9 nitrogen and oxygen atoms in total. The van der Waals surface area contributed by atoms with Crippen molar-refractivity contribution in [2.45, 2.75) is 10.9 Å². The zero-order valence-electron chi connectivity index (χ0n) is 10.6. The molecule has 0 saturated heterocycles. The lowest BCUT2D eigenvalue weighted by Crippen LogP contribution is -2.43. The molecule has 0 aliphatic rings. The first kappa shape index (κ1) is 17.3. The van der Waals surface area contributed by atoms with Gasteiger partial charge in [-0.2, -0.15) is 4.72 Å². The highest BCUT2D eigenvalue weighted by Gasteiger charge is 2.27. The Labute approximate surface area is 124 Å². The Morgan fingerprint density at radius 3 is 2.67 bits per heavy atom. The number of sulfonamides is 1. The van der Waals surface area contributed by atoms with Gasteiger partial charge < -0.3 is 9.84 Å². The maximum atomic E-state index is 12.0. The molecular weight excluding hydrogens is 328 g/mol. The number of rotatable bonds is 6. The Morgan fingerprint density at radius 1 is 1.57 bits per heavy atom. The van der Waals surface area contributed by atoms with Crippen molar-refractivity contribution in [2.24, 2.45) is 0 Å². The smallest absolute Gasteiger partial charge is 0.326 e. The molecule has 0 radical (unpaired) electrons. The van der Waals surface area contributed by atoms with Crippen molar-refractivity contribution < 1.29 is 28.0 Å². The monoisotopic (exact) mass is 338 g/mol. The summed E-state index contributed by atoms with van der Waals surface area (Å²) in [7, 11) is -3.25. The number of methoxy groups -OCH3 is 1. The molecular formula is C10H11ClN2O7S. The van der Waals surface area contributed by atoms with E-state index in [-0.39, 0.29) is 5.02 Å². The van der Waals surface area contributed by atoms with Gasteiger partial charge in [0.2, 0.25) is 10.0 Å². The van der Waals surface area contributed by atoms with E-state index < -0.39 is 44.1 Å². The van der Waals surface area contributed by atoms with Crippen molar-refractivity contribution >= 4 is 33.3 Å². The number of benzene rings is 1. The topological polar surface area (TPSA) is 136 Å². The Morgan fingerprint density at radius 2 is 2.19 bits per heavy atom. The minimum Gasteiger partial charge on any atom is -0.468 e. The van der Waals surface area contributed by atoms with Crippen molar-refractivity contribution in [1.29, 1.82) is 0 Å². The fourth-order valence-corrected chi connectivity index (χ4v) is 2.74. The average Bonchev–Trinajstić information content (AvgIpc) is 2.43. The van der Waals surface area contributed by atoms with Gasteiger partial charge in [0.1, 0.15) is 11.1 Å². The lowest BCUT2D eigenvalue weighted by Gasteiger charge is -2.14. The zero-order chi connectivity index (χ0) is 16.2. The van der Waals surface area contributed by atoms with E-state index in [0.29, 0.717) is 0 Å². The molecule has 0 amide bonds. The highest BCUT2D eigenvalue weighted by atomic mass is 35.5. The number of carbonyl (C=O) groups excluding carboxylic acids is 1. The lowest BCUT2D eigenvalue weighted by atomic mass is 10.3. The molecule has 0 spiro atoms. The average molecular weight is 339 g/mol. The molecule has 116 valence electrons. The van der Waals surface area contributed by atoms with Crippen LogP contribution >= 0.6 is 11.6 Å². The van der Waals surface area contributed by atoms with Gasteiger partial charge in [0, 0.05) is 6.07 Å². The number of hydrogen-bond acceptors (Lipinski definition) is 7. The molecule has 0 saturated carbocycles. The van der Waals surface area contributed by atoms with E-state index in [4.69, 9.17) is 16.7 Å². The first-order chi connectivity index (χ1) is 9.72. The lowest BCUT2D eigenvalue weighted by molar-refractivity contribution is -0.384. The third-order valence-electron chi connectivity index (χ3n) is 2.39. The van der Waals surface area contributed by atoms with Crippen LogP contribution in [0.1, 0.15) is 0 Å². The molecule has 0 aliphatic carbocycles. The number of hydrogen-bond donors (Lipinski definition) is 2. The van der Waals surface area contributed by atoms with E-state index in [9.17, 15) is 23.3 Å². The van der Waals surface area contributed by atoms with Crippen molar-refractivity contribution in [1.82, 2.24) is 4.72 Å². The third kappa shape index (κ3) is 4.11. The van der Waals surface area contributed by atoms with Gasteiger partial charge in [-0.25, -0.2) is 8.42 Å². The van der Waals surface area contributed by atoms with Crippen molar-refractivity contribution in [3.63, 3.8) is 0 Å². The van der Waals surface area contributed by atoms with Crippen LogP contribution in [0.3, 0.4) is 0 Å². The van der Waals surface area contributed by atoms with E-state index in [0.717, 1.165) is 25.3 Å². The molecule has 1 aromatic carbocycles. The van der Waals surface area contributed by atoms with Crippen LogP contribution in [0.4, 0.5) is 5.69 Å². The van der Waals surface area contributed by atoms with Gasteiger partial charge in [-0.3, -0.25) is 14.9 Å². The predicted molar refractivity (Wildman–Crippen MR) is 71.3 cm³/mol. The van der Waals surface area contributed by atoms with Crippen LogP contribution in [-0.4, -0.2) is 44.2 Å². The molecule has 0 bridgehead atoms. The number of nitrogens with one attached hydrogen (secondary N) is 1. The minimum absolute atomic E-state index is 0.231. The fourth-order valence-electron chi connectivity index (χ4n) is 1.36. The van der Waals surface area contributed by atoms with E-state index in [1.165, 1.54) is 0 Å². The highest BCUT2D eigenvalue weighted by molar-refractivity contribution is 7.89. The number of aliphatic hydroxyl groups is 1. The number of esters is 1. The summed E-state index contributed by atoms with van der Waals surface area (Å²) in [5.74, 6) is -0.996. The maximum Gasteiger partial charge on any atom is 0.326 e. The summed E-state index contributed by atoms with van der Waals surface area (Å²) in [4.78, 5) is 20.7. The molecule has 1 aromatic rings. The minimum atomic E-state index is -4.27. The van der Waals surface area contributed by atoms with Crippen molar-refractivity contribution in [3.8, 4) is 0 Å². The molecule has 1 unspecified atom stereocenters. The van der Waals surface area contributed by atoms with Gasteiger partial charge in [-0.15, -0.1) is 0 Å². The molecule has 1 atom stereocenters. The number of halogens is 1. The van der Waals surface area contributed by atoms with Crippen LogP contribution in [0.15, 0.2) is 23.1 Å². The van der Waals surface area contributed by atoms with Crippen molar-refractivity contribution in [3.05, 3.63) is 33.3 Å². The number of ether oxygens (including phenoxy) is 1. The number of nitrogens with zero attached hydrogens (tertiary/aromatic N) is 1. The van der Waals surface area contributed by atoms with Gasteiger partial charge in [0.05, 0.1) is 23.5 Å². The first-order valence-corrected chi connectivity index (χ1v) is 7.24. The van der Waals surface area contributed by atoms with Gasteiger partial charge in [-0.1, -0.05) is 11.6 Å². The first-order valence-electron chi connectivity index (χ1n) is 5.38. The van der Waals surface area contributed by atoms with Crippen LogP contribution in [0.5, 0.6) is 0 Å². The highest BCUT2D eigenvalue weighted by Crippen LogP contribution is 2.27. The second-order valence-electron chi connectivity index (χ2n) is 3.75. The van der Waals surface area contributed by atoms with Gasteiger partial charge in [-0.05, 0) is 12.1 Å². The van der Waals surface area contributed by atoms with Gasteiger partial charge in [0.25, 0.3) is 5.69 Å². The summed E-state index contributed by atoms with van der Waals surface area (Å²) in [6, 6.07) is 1.30. The predicted octanol–water partition coefficient (Wildman–Crippen LogP) is 0.0604. The van der Waals surface area contributed by atoms with Crippen LogP contribution in [0.25, 0.3) is 0 Å². The number of aliphatic hydroxyl groups excluding tert-OH is 1. The second-order valence-corrected chi connectivity index (χ2v) is 5.87. The van der Waals surface area contributed by atoms with Gasteiger partial charge >= 0.3 is 5.97 Å². The van der Waals surface area contributed by atoms with E-state index in [1.807, 2.05) is 4.72 Å². The summed E-state index contributed by atoms with van der Waals surface area (Å²) < 4.78 is 30.2. The summed E-state index contributed by atoms with van der Waals surface area (Å²) >= 11 is 5.58. The van der Waals surface area contributed by atoms with Crippen LogP contribution in [0.2, 0.25) is 5.02 Å². The Balaban J connectivity index is 3.16. The number of nitro groups is 1. The normalized spacial score (nSPS) is 12.7. The van der Waals surface area contributed by atoms with Gasteiger partial charge in [0.15, 0.2) is 0 Å². The SMILES string of the molecule is COC(=O)C(CO)NS(=O)(=O)c1ccc(Cl)c([N+](=O)[O-])c1. The number of nitro benzene ring substituents is 1. The Bertz CT molecular complexity index is 661. The second kappa shape index (κ2) is 6.80. The molecule has 2 N–H and O–H groups in total. The quantitative estimate of drug-likeness (QED) is 0.425. The standard InChI is InChI=1S/C10H11ClN2O7S/c1-20-10(15)8(5-14)12-21(18,19)6-2-3-7(11)9(4-6)13(16)17/h2-4,8,12,14H,5H2,1H3. The van der Waals surface area contributed by atoms with E-state index in [2.05, 4.69) is 4.74 Å². The van der Waals surface area contributed by atoms with Crippen LogP contribution in [0, 0.1) is 10.1 Å². The summed E-state index contributed by atoms with van der Waals surface area (Å²) in [5.41, 5.74) is -0.599. The molecule has 0 aliphatic heterocycles. The van der Waals surface area contributed by atoms with Crippen LogP contribution in [-0.2, 0) is 19.6 Å².